The van der Waals surface area contributed by atoms with Crippen LogP contribution in [0.2, 0.25) is 18.1 Å². The first-order valence-corrected chi connectivity index (χ1v) is 10.8. The lowest BCUT2D eigenvalue weighted by Crippen LogP contribution is -2.42. The smallest absolute Gasteiger partial charge is 0.192 e. The van der Waals surface area contributed by atoms with Gasteiger partial charge in [-0.25, -0.2) is 0 Å². The number of hydrogen-bond donors (Lipinski definition) is 0. The maximum Gasteiger partial charge on any atom is 0.192 e. The lowest BCUT2D eigenvalue weighted by Gasteiger charge is -2.37. The Kier molecular flexibility index (Phi) is 10.1. The first kappa shape index (κ1) is 18.2. The van der Waals surface area contributed by atoms with Crippen molar-refractivity contribution in [2.24, 2.45) is 5.92 Å². The molecule has 2 heteroatoms. The topological polar surface area (TPSA) is 9.23 Å². The zero-order valence-corrected chi connectivity index (χ0v) is 14.7. The maximum atomic E-state index is 6.77. The molecule has 0 bridgehead atoms. The zero-order valence-electron chi connectivity index (χ0n) is 13.7. The van der Waals surface area contributed by atoms with Crippen LogP contribution >= 0.6 is 0 Å². The fraction of sp³-hybridized carbons (Fsp3) is 1.00. The normalized spacial score (nSPS) is 15.7. The van der Waals surface area contributed by atoms with Crippen LogP contribution in [-0.2, 0) is 4.43 Å². The molecule has 1 nitrogen and oxygen atoms in total. The molecule has 110 valence electrons. The van der Waals surface area contributed by atoms with Gasteiger partial charge in [0.15, 0.2) is 8.32 Å². The second-order valence-corrected chi connectivity index (χ2v) is 10.4. The molecule has 0 aliphatic rings. The van der Waals surface area contributed by atoms with Gasteiger partial charge in [0.25, 0.3) is 0 Å². The van der Waals surface area contributed by atoms with Gasteiger partial charge < -0.3 is 4.43 Å². The molecule has 0 amide bonds. The fourth-order valence-electron chi connectivity index (χ4n) is 3.02. The predicted octanol–water partition coefficient (Wildman–Crippen LogP) is 6.00. The van der Waals surface area contributed by atoms with E-state index in [1.807, 2.05) is 0 Å². The lowest BCUT2D eigenvalue weighted by atomic mass is 9.92. The molecule has 0 aromatic rings. The Balaban J connectivity index is 4.75. The molecule has 18 heavy (non-hydrogen) atoms. The van der Waals surface area contributed by atoms with E-state index >= 15 is 0 Å². The summed E-state index contributed by atoms with van der Waals surface area (Å²) in [5.74, 6) is 0.784. The summed E-state index contributed by atoms with van der Waals surface area (Å²) in [6, 6.07) is 3.84. The van der Waals surface area contributed by atoms with Crippen molar-refractivity contribution in [2.75, 3.05) is 0 Å². The Labute approximate surface area is 117 Å². The highest BCUT2D eigenvalue weighted by molar-refractivity contribution is 6.73. The maximum absolute atomic E-state index is 6.77. The average molecular weight is 273 g/mol. The Morgan fingerprint density at radius 2 is 1.28 bits per heavy atom. The molecule has 0 saturated carbocycles. The van der Waals surface area contributed by atoms with Gasteiger partial charge in [-0.1, -0.05) is 60.8 Å². The van der Waals surface area contributed by atoms with E-state index in [9.17, 15) is 0 Å². The molecular weight excluding hydrogens is 236 g/mol. The molecule has 0 aliphatic carbocycles. The van der Waals surface area contributed by atoms with Crippen molar-refractivity contribution in [1.82, 2.24) is 0 Å². The predicted molar refractivity (Wildman–Crippen MR) is 85.7 cm³/mol. The molecule has 0 aliphatic heterocycles. The zero-order chi connectivity index (χ0) is 14.0. The summed E-state index contributed by atoms with van der Waals surface area (Å²) in [4.78, 5) is 0. The summed E-state index contributed by atoms with van der Waals surface area (Å²) in [6.45, 7) is 13.9. The highest BCUT2D eigenvalue weighted by atomic mass is 28.4. The molecule has 0 saturated heterocycles. The molecule has 0 rings (SSSR count). The van der Waals surface area contributed by atoms with Crippen LogP contribution in [0.5, 0.6) is 0 Å². The van der Waals surface area contributed by atoms with Crippen LogP contribution < -0.4 is 0 Å². The van der Waals surface area contributed by atoms with Gasteiger partial charge in [-0.2, -0.15) is 0 Å². The quantitative estimate of drug-likeness (QED) is 0.419. The summed E-state index contributed by atoms with van der Waals surface area (Å²) in [6.07, 6.45) is 6.95. The van der Waals surface area contributed by atoms with Gasteiger partial charge in [0.1, 0.15) is 0 Å². The van der Waals surface area contributed by atoms with Crippen LogP contribution in [0, 0.1) is 5.92 Å². The van der Waals surface area contributed by atoms with Gasteiger partial charge in [-0.05, 0) is 36.9 Å². The minimum absolute atomic E-state index is 0.534. The molecule has 0 radical (unpaired) electrons. The van der Waals surface area contributed by atoms with Crippen molar-refractivity contribution < 1.29 is 4.43 Å². The number of hydrogen-bond acceptors (Lipinski definition) is 1. The highest BCUT2D eigenvalue weighted by Gasteiger charge is 2.33. The molecule has 0 fully saturated rings. The monoisotopic (exact) mass is 272 g/mol. The minimum Gasteiger partial charge on any atom is -0.414 e. The van der Waals surface area contributed by atoms with Crippen molar-refractivity contribution in [2.45, 2.75) is 97.9 Å². The molecule has 2 atom stereocenters. The van der Waals surface area contributed by atoms with Crippen LogP contribution in [0.25, 0.3) is 0 Å². The largest absolute Gasteiger partial charge is 0.414 e. The molecule has 0 unspecified atom stereocenters. The highest BCUT2D eigenvalue weighted by Crippen LogP contribution is 2.30. The summed E-state index contributed by atoms with van der Waals surface area (Å²) in [5, 5.41) is 0. The molecule has 0 aromatic heterocycles. The fourth-order valence-corrected chi connectivity index (χ4v) is 5.97. The van der Waals surface area contributed by atoms with Crippen LogP contribution in [0.15, 0.2) is 0 Å². The molecule has 0 spiro atoms. The van der Waals surface area contributed by atoms with Gasteiger partial charge in [0.05, 0.1) is 0 Å². The van der Waals surface area contributed by atoms with E-state index in [0.717, 1.165) is 5.92 Å². The summed E-state index contributed by atoms with van der Waals surface area (Å²) < 4.78 is 6.77. The van der Waals surface area contributed by atoms with E-state index in [4.69, 9.17) is 4.43 Å². The van der Waals surface area contributed by atoms with Crippen molar-refractivity contribution in [3.63, 3.8) is 0 Å². The van der Waals surface area contributed by atoms with Crippen LogP contribution in [0.1, 0.15) is 73.6 Å². The Hall–Kier alpha value is 0.177. The average Bonchev–Trinajstić information content (AvgIpc) is 2.41. The van der Waals surface area contributed by atoms with Crippen molar-refractivity contribution in [3.05, 3.63) is 0 Å². The second-order valence-electron chi connectivity index (χ2n) is 5.65. The SMILES string of the molecule is CCC[C@H](CC)[C@@H](CCC)O[Si](CC)(CC)CC. The van der Waals surface area contributed by atoms with E-state index < -0.39 is 8.32 Å². The number of rotatable bonds is 11. The molecule has 0 aromatic carbocycles. The summed E-state index contributed by atoms with van der Waals surface area (Å²) in [7, 11) is -1.43. The van der Waals surface area contributed by atoms with Crippen LogP contribution in [0.4, 0.5) is 0 Å². The van der Waals surface area contributed by atoms with Gasteiger partial charge in [0, 0.05) is 6.10 Å². The van der Waals surface area contributed by atoms with Crippen molar-refractivity contribution >= 4 is 8.32 Å². The van der Waals surface area contributed by atoms with Gasteiger partial charge in [0.2, 0.25) is 0 Å². The van der Waals surface area contributed by atoms with Crippen molar-refractivity contribution in [3.8, 4) is 0 Å². The first-order valence-electron chi connectivity index (χ1n) is 8.30. The molecular formula is C16H36OSi. The third-order valence-corrected chi connectivity index (χ3v) is 9.29. The van der Waals surface area contributed by atoms with Gasteiger partial charge >= 0.3 is 0 Å². The summed E-state index contributed by atoms with van der Waals surface area (Å²) in [5.41, 5.74) is 0. The third kappa shape index (κ3) is 5.44. The van der Waals surface area contributed by atoms with E-state index in [1.165, 1.54) is 50.2 Å². The van der Waals surface area contributed by atoms with Gasteiger partial charge in [-0.15, -0.1) is 0 Å². The Bertz CT molecular complexity index is 181. The van der Waals surface area contributed by atoms with E-state index in [2.05, 4.69) is 41.5 Å². The van der Waals surface area contributed by atoms with Gasteiger partial charge in [-0.3, -0.25) is 0 Å². The Morgan fingerprint density at radius 3 is 1.61 bits per heavy atom. The molecule has 0 heterocycles. The minimum atomic E-state index is -1.43. The molecule has 0 N–H and O–H groups in total. The Morgan fingerprint density at radius 1 is 0.778 bits per heavy atom. The third-order valence-electron chi connectivity index (χ3n) is 4.62. The lowest BCUT2D eigenvalue weighted by molar-refractivity contribution is 0.103. The van der Waals surface area contributed by atoms with E-state index in [1.54, 1.807) is 0 Å². The van der Waals surface area contributed by atoms with E-state index in [0.29, 0.717) is 6.10 Å². The second kappa shape index (κ2) is 10.0. The van der Waals surface area contributed by atoms with E-state index in [-0.39, 0.29) is 0 Å². The van der Waals surface area contributed by atoms with Crippen LogP contribution in [0.3, 0.4) is 0 Å². The van der Waals surface area contributed by atoms with Crippen molar-refractivity contribution in [1.29, 1.82) is 0 Å². The van der Waals surface area contributed by atoms with Crippen LogP contribution in [-0.4, -0.2) is 14.4 Å². The standard InChI is InChI=1S/C16H36OSi/c1-7-13-15(9-3)16(14-8-2)17-18(10-4,11-5)12-6/h15-16H,7-14H2,1-6H3/t15-,16+/m0/s1. The first-order chi connectivity index (χ1) is 8.62. The summed E-state index contributed by atoms with van der Waals surface area (Å²) >= 11 is 0.